The SMILES string of the molecule is Cc1ccc(CNCc2ccccc2[N+](=O)[O-])c(Br)c1. The second-order valence-electron chi connectivity index (χ2n) is 4.58. The van der Waals surface area contributed by atoms with Crippen LogP contribution in [0.4, 0.5) is 5.69 Å². The third kappa shape index (κ3) is 3.65. The Morgan fingerprint density at radius 3 is 2.55 bits per heavy atom. The summed E-state index contributed by atoms with van der Waals surface area (Å²) in [6.07, 6.45) is 0. The number of rotatable bonds is 5. The van der Waals surface area contributed by atoms with Crippen LogP contribution in [-0.4, -0.2) is 4.92 Å². The highest BCUT2D eigenvalue weighted by atomic mass is 79.9. The first-order valence-corrected chi connectivity index (χ1v) is 7.05. The Balaban J connectivity index is 2.01. The Labute approximate surface area is 126 Å². The minimum atomic E-state index is -0.348. The fourth-order valence-electron chi connectivity index (χ4n) is 1.97. The lowest BCUT2D eigenvalue weighted by Gasteiger charge is -2.08. The van der Waals surface area contributed by atoms with E-state index < -0.39 is 0 Å². The molecule has 1 N–H and O–H groups in total. The van der Waals surface area contributed by atoms with Crippen LogP contribution in [0.15, 0.2) is 46.9 Å². The maximum absolute atomic E-state index is 10.9. The highest BCUT2D eigenvalue weighted by Crippen LogP contribution is 2.20. The number of nitrogens with zero attached hydrogens (tertiary/aromatic N) is 1. The summed E-state index contributed by atoms with van der Waals surface area (Å²) < 4.78 is 1.05. The van der Waals surface area contributed by atoms with E-state index in [4.69, 9.17) is 0 Å². The van der Waals surface area contributed by atoms with Gasteiger partial charge in [0.15, 0.2) is 0 Å². The van der Waals surface area contributed by atoms with Crippen LogP contribution in [-0.2, 0) is 13.1 Å². The smallest absolute Gasteiger partial charge is 0.273 e. The Kier molecular flexibility index (Phi) is 4.87. The summed E-state index contributed by atoms with van der Waals surface area (Å²) in [5.41, 5.74) is 3.18. The van der Waals surface area contributed by atoms with Crippen LogP contribution >= 0.6 is 15.9 Å². The monoisotopic (exact) mass is 334 g/mol. The quantitative estimate of drug-likeness (QED) is 0.665. The molecule has 2 aromatic carbocycles. The number of hydrogen-bond acceptors (Lipinski definition) is 3. The molecule has 0 radical (unpaired) electrons. The van der Waals surface area contributed by atoms with Crippen molar-refractivity contribution >= 4 is 21.6 Å². The summed E-state index contributed by atoms with van der Waals surface area (Å²) in [5, 5.41) is 14.2. The molecular weight excluding hydrogens is 320 g/mol. The van der Waals surface area contributed by atoms with Crippen LogP contribution < -0.4 is 5.32 Å². The lowest BCUT2D eigenvalue weighted by molar-refractivity contribution is -0.385. The van der Waals surface area contributed by atoms with Crippen LogP contribution in [0.5, 0.6) is 0 Å². The molecule has 0 amide bonds. The van der Waals surface area contributed by atoms with E-state index in [-0.39, 0.29) is 10.6 Å². The van der Waals surface area contributed by atoms with Gasteiger partial charge in [-0.3, -0.25) is 10.1 Å². The van der Waals surface area contributed by atoms with Crippen LogP contribution in [0.3, 0.4) is 0 Å². The maximum atomic E-state index is 10.9. The topological polar surface area (TPSA) is 55.2 Å². The first kappa shape index (κ1) is 14.7. The van der Waals surface area contributed by atoms with Crippen LogP contribution in [0, 0.1) is 17.0 Å². The predicted molar refractivity (Wildman–Crippen MR) is 82.5 cm³/mol. The van der Waals surface area contributed by atoms with Crippen molar-refractivity contribution in [1.82, 2.24) is 5.32 Å². The van der Waals surface area contributed by atoms with Gasteiger partial charge in [-0.2, -0.15) is 0 Å². The van der Waals surface area contributed by atoms with E-state index >= 15 is 0 Å². The zero-order chi connectivity index (χ0) is 14.5. The summed E-state index contributed by atoms with van der Waals surface area (Å²) in [5.74, 6) is 0. The van der Waals surface area contributed by atoms with Crippen molar-refractivity contribution in [2.24, 2.45) is 0 Å². The van der Waals surface area contributed by atoms with Crippen molar-refractivity contribution < 1.29 is 4.92 Å². The molecule has 0 saturated heterocycles. The van der Waals surface area contributed by atoms with E-state index in [2.05, 4.69) is 27.3 Å². The average Bonchev–Trinajstić information content (AvgIpc) is 2.41. The fourth-order valence-corrected chi connectivity index (χ4v) is 2.60. The fraction of sp³-hybridized carbons (Fsp3) is 0.200. The van der Waals surface area contributed by atoms with Crippen LogP contribution in [0.25, 0.3) is 0 Å². The van der Waals surface area contributed by atoms with Crippen molar-refractivity contribution in [3.63, 3.8) is 0 Å². The van der Waals surface area contributed by atoms with Crippen molar-refractivity contribution in [3.8, 4) is 0 Å². The number of hydrogen-bond donors (Lipinski definition) is 1. The van der Waals surface area contributed by atoms with E-state index in [0.29, 0.717) is 18.7 Å². The number of nitro benzene ring substituents is 1. The van der Waals surface area contributed by atoms with Crippen LogP contribution in [0.2, 0.25) is 0 Å². The Hall–Kier alpha value is -1.72. The first-order chi connectivity index (χ1) is 9.58. The molecule has 0 aliphatic carbocycles. The summed E-state index contributed by atoms with van der Waals surface area (Å²) in [4.78, 5) is 10.6. The average molecular weight is 335 g/mol. The van der Waals surface area contributed by atoms with Crippen molar-refractivity contribution in [2.75, 3.05) is 0 Å². The number of para-hydroxylation sites is 1. The molecule has 0 atom stereocenters. The van der Waals surface area contributed by atoms with Gasteiger partial charge in [0.25, 0.3) is 5.69 Å². The number of nitro groups is 1. The lowest BCUT2D eigenvalue weighted by Crippen LogP contribution is -2.14. The van der Waals surface area contributed by atoms with Gasteiger partial charge in [-0.05, 0) is 24.1 Å². The zero-order valence-electron chi connectivity index (χ0n) is 11.1. The van der Waals surface area contributed by atoms with E-state index in [1.165, 1.54) is 11.6 Å². The molecule has 2 rings (SSSR count). The van der Waals surface area contributed by atoms with Gasteiger partial charge in [-0.25, -0.2) is 0 Å². The molecule has 0 bridgehead atoms. The minimum absolute atomic E-state index is 0.156. The molecule has 0 fully saturated rings. The largest absolute Gasteiger partial charge is 0.308 e. The van der Waals surface area contributed by atoms with Gasteiger partial charge in [-0.15, -0.1) is 0 Å². The van der Waals surface area contributed by atoms with Gasteiger partial charge in [0.1, 0.15) is 0 Å². The molecule has 2 aromatic rings. The molecular formula is C15H15BrN2O2. The van der Waals surface area contributed by atoms with E-state index in [0.717, 1.165) is 10.0 Å². The molecule has 4 nitrogen and oxygen atoms in total. The molecule has 20 heavy (non-hydrogen) atoms. The second-order valence-corrected chi connectivity index (χ2v) is 5.44. The number of nitrogens with one attached hydrogen (secondary N) is 1. The molecule has 0 aromatic heterocycles. The van der Waals surface area contributed by atoms with Gasteiger partial charge in [0.05, 0.1) is 4.92 Å². The van der Waals surface area contributed by atoms with Crippen molar-refractivity contribution in [2.45, 2.75) is 20.0 Å². The first-order valence-electron chi connectivity index (χ1n) is 6.26. The molecule has 104 valence electrons. The number of benzene rings is 2. The number of halogens is 1. The number of aryl methyl sites for hydroxylation is 1. The van der Waals surface area contributed by atoms with E-state index in [1.807, 2.05) is 25.1 Å². The normalized spacial score (nSPS) is 10.5. The molecule has 5 heteroatoms. The molecule has 0 saturated carbocycles. The molecule has 0 aliphatic heterocycles. The Bertz CT molecular complexity index is 629. The van der Waals surface area contributed by atoms with Gasteiger partial charge in [-0.1, -0.05) is 46.3 Å². The molecule has 0 spiro atoms. The van der Waals surface area contributed by atoms with Gasteiger partial charge in [0, 0.05) is 29.2 Å². The Morgan fingerprint density at radius 1 is 1.15 bits per heavy atom. The predicted octanol–water partition coefficient (Wildman–Crippen LogP) is 3.96. The van der Waals surface area contributed by atoms with E-state index in [9.17, 15) is 10.1 Å². The van der Waals surface area contributed by atoms with Crippen molar-refractivity contribution in [1.29, 1.82) is 0 Å². The standard InChI is InChI=1S/C15H15BrN2O2/c1-11-6-7-12(14(16)8-11)9-17-10-13-4-2-3-5-15(13)18(19)20/h2-8,17H,9-10H2,1H3. The van der Waals surface area contributed by atoms with Gasteiger partial charge in [0.2, 0.25) is 0 Å². The molecule has 0 heterocycles. The van der Waals surface area contributed by atoms with E-state index in [1.54, 1.807) is 12.1 Å². The van der Waals surface area contributed by atoms with Gasteiger partial charge < -0.3 is 5.32 Å². The minimum Gasteiger partial charge on any atom is -0.308 e. The second kappa shape index (κ2) is 6.63. The molecule has 0 unspecified atom stereocenters. The zero-order valence-corrected chi connectivity index (χ0v) is 12.7. The third-order valence-corrected chi connectivity index (χ3v) is 3.77. The lowest BCUT2D eigenvalue weighted by atomic mass is 10.1. The van der Waals surface area contributed by atoms with Crippen molar-refractivity contribution in [3.05, 3.63) is 73.7 Å². The highest BCUT2D eigenvalue weighted by Gasteiger charge is 2.11. The van der Waals surface area contributed by atoms with Gasteiger partial charge >= 0.3 is 0 Å². The summed E-state index contributed by atoms with van der Waals surface area (Å²) >= 11 is 3.52. The highest BCUT2D eigenvalue weighted by molar-refractivity contribution is 9.10. The van der Waals surface area contributed by atoms with Crippen LogP contribution in [0.1, 0.15) is 16.7 Å². The summed E-state index contributed by atoms with van der Waals surface area (Å²) in [6.45, 7) is 3.17. The third-order valence-electron chi connectivity index (χ3n) is 3.03. The Morgan fingerprint density at radius 2 is 1.85 bits per heavy atom. The summed E-state index contributed by atoms with van der Waals surface area (Å²) in [7, 11) is 0. The molecule has 0 aliphatic rings. The maximum Gasteiger partial charge on any atom is 0.273 e. The summed E-state index contributed by atoms with van der Waals surface area (Å²) in [6, 6.07) is 12.9.